The van der Waals surface area contributed by atoms with Gasteiger partial charge in [-0.1, -0.05) is 0 Å². The van der Waals surface area contributed by atoms with Crippen LogP contribution in [0, 0.1) is 5.41 Å². The monoisotopic (exact) mass is 392 g/mol. The minimum atomic E-state index is -0.391. The van der Waals surface area contributed by atoms with Crippen molar-refractivity contribution in [2.45, 2.75) is 45.1 Å². The van der Waals surface area contributed by atoms with E-state index in [-0.39, 0.29) is 30.7 Å². The van der Waals surface area contributed by atoms with Gasteiger partial charge in [0.05, 0.1) is 11.6 Å². The molecule has 1 amide bonds. The lowest BCUT2D eigenvalue weighted by Crippen LogP contribution is -2.52. The number of rotatable bonds is 4. The normalized spacial score (nSPS) is 20.5. The van der Waals surface area contributed by atoms with E-state index in [0.29, 0.717) is 25.7 Å². The van der Waals surface area contributed by atoms with Gasteiger partial charge in [-0.2, -0.15) is 5.10 Å². The van der Waals surface area contributed by atoms with Crippen molar-refractivity contribution in [2.75, 3.05) is 32.8 Å². The van der Waals surface area contributed by atoms with E-state index in [1.54, 1.807) is 0 Å². The minimum Gasteiger partial charge on any atom is -0.381 e. The van der Waals surface area contributed by atoms with Crippen LogP contribution in [0.4, 0.5) is 0 Å². The predicted octanol–water partition coefficient (Wildman–Crippen LogP) is 2.21. The zero-order valence-corrected chi connectivity index (χ0v) is 16.5. The first kappa shape index (κ1) is 22.2. The summed E-state index contributed by atoms with van der Waals surface area (Å²) in [5, 5.41) is 4.37. The molecule has 0 unspecified atom stereocenters. The van der Waals surface area contributed by atoms with E-state index in [0.717, 1.165) is 45.3 Å². The van der Waals surface area contributed by atoms with Crippen molar-refractivity contribution in [2.24, 2.45) is 11.1 Å². The van der Waals surface area contributed by atoms with Gasteiger partial charge in [0.2, 0.25) is 5.91 Å². The average molecular weight is 393 g/mol. The highest BCUT2D eigenvalue weighted by molar-refractivity contribution is 5.85. The third-order valence-corrected chi connectivity index (χ3v) is 5.53. The van der Waals surface area contributed by atoms with E-state index in [1.165, 1.54) is 5.56 Å². The van der Waals surface area contributed by atoms with Gasteiger partial charge in [-0.25, -0.2) is 0 Å². The fourth-order valence-corrected chi connectivity index (χ4v) is 3.78. The van der Waals surface area contributed by atoms with Gasteiger partial charge in [-0.15, -0.1) is 24.8 Å². The lowest BCUT2D eigenvalue weighted by atomic mass is 9.78. The fraction of sp³-hybridized carbons (Fsp3) is 0.765. The summed E-state index contributed by atoms with van der Waals surface area (Å²) in [4.78, 5) is 15.0. The summed E-state index contributed by atoms with van der Waals surface area (Å²) in [6.07, 6.45) is 7.65. The molecule has 1 aromatic heterocycles. The van der Waals surface area contributed by atoms with Crippen LogP contribution in [0.3, 0.4) is 0 Å². The number of hydrogen-bond acceptors (Lipinski definition) is 4. The SMILES string of the molecule is CCn1cc(C2CCN(C(=O)C3(CN)CCOCC3)CC2)cn1.Cl.Cl. The molecule has 0 atom stereocenters. The Morgan fingerprint density at radius 1 is 1.32 bits per heavy atom. The predicted molar refractivity (Wildman–Crippen MR) is 102 cm³/mol. The molecule has 2 N–H and O–H groups in total. The molecule has 0 spiro atoms. The van der Waals surface area contributed by atoms with E-state index < -0.39 is 5.41 Å². The number of nitrogens with two attached hydrogens (primary N) is 1. The number of hydrogen-bond donors (Lipinski definition) is 1. The Labute approximate surface area is 162 Å². The van der Waals surface area contributed by atoms with Crippen molar-refractivity contribution in [1.29, 1.82) is 0 Å². The maximum absolute atomic E-state index is 13.0. The number of carbonyl (C=O) groups is 1. The topological polar surface area (TPSA) is 73.4 Å². The van der Waals surface area contributed by atoms with Crippen molar-refractivity contribution in [1.82, 2.24) is 14.7 Å². The minimum absolute atomic E-state index is 0. The maximum Gasteiger partial charge on any atom is 0.230 e. The van der Waals surface area contributed by atoms with Crippen molar-refractivity contribution >= 4 is 30.7 Å². The molecule has 0 bridgehead atoms. The fourth-order valence-electron chi connectivity index (χ4n) is 3.78. The van der Waals surface area contributed by atoms with Gasteiger partial charge in [-0.05, 0) is 44.1 Å². The number of amides is 1. The van der Waals surface area contributed by atoms with Crippen LogP contribution in [0.25, 0.3) is 0 Å². The third kappa shape index (κ3) is 4.67. The molecule has 0 aliphatic carbocycles. The van der Waals surface area contributed by atoms with E-state index in [9.17, 15) is 4.79 Å². The number of nitrogens with zero attached hydrogens (tertiary/aromatic N) is 3. The lowest BCUT2D eigenvalue weighted by Gasteiger charge is -2.41. The standard InChI is InChI=1S/C17H28N4O2.2ClH/c1-2-21-12-15(11-19-21)14-3-7-20(8-4-14)16(22)17(13-18)5-9-23-10-6-17;;/h11-12,14H,2-10,13,18H2,1H3;2*1H. The van der Waals surface area contributed by atoms with Crippen LogP contribution in [0.1, 0.15) is 44.1 Å². The number of likely N-dealkylation sites (tertiary alicyclic amines) is 1. The summed E-state index contributed by atoms with van der Waals surface area (Å²) in [7, 11) is 0. The van der Waals surface area contributed by atoms with E-state index in [4.69, 9.17) is 10.5 Å². The summed E-state index contributed by atoms with van der Waals surface area (Å²) < 4.78 is 7.39. The van der Waals surface area contributed by atoms with E-state index in [1.807, 2.05) is 15.8 Å². The zero-order valence-electron chi connectivity index (χ0n) is 14.9. The maximum atomic E-state index is 13.0. The molecular weight excluding hydrogens is 363 g/mol. The summed E-state index contributed by atoms with van der Waals surface area (Å²) in [5.41, 5.74) is 6.88. The highest BCUT2D eigenvalue weighted by atomic mass is 35.5. The molecule has 2 aliphatic heterocycles. The Bertz CT molecular complexity index is 539. The van der Waals surface area contributed by atoms with Crippen LogP contribution in [-0.2, 0) is 16.1 Å². The number of halogens is 2. The first-order valence-corrected chi connectivity index (χ1v) is 8.78. The Kier molecular flexibility index (Phi) is 8.68. The second-order valence-corrected chi connectivity index (χ2v) is 6.79. The molecule has 0 saturated carbocycles. The van der Waals surface area contributed by atoms with Crippen molar-refractivity contribution in [3.8, 4) is 0 Å². The molecule has 3 heterocycles. The first-order valence-electron chi connectivity index (χ1n) is 8.78. The van der Waals surface area contributed by atoms with Gasteiger partial charge < -0.3 is 15.4 Å². The van der Waals surface area contributed by atoms with Crippen LogP contribution in [0.5, 0.6) is 0 Å². The Morgan fingerprint density at radius 3 is 2.48 bits per heavy atom. The number of aryl methyl sites for hydroxylation is 1. The van der Waals surface area contributed by atoms with Crippen LogP contribution < -0.4 is 5.73 Å². The average Bonchev–Trinajstić information content (AvgIpc) is 3.11. The largest absolute Gasteiger partial charge is 0.381 e. The quantitative estimate of drug-likeness (QED) is 0.851. The van der Waals surface area contributed by atoms with Gasteiger partial charge in [0, 0.05) is 45.6 Å². The van der Waals surface area contributed by atoms with Crippen LogP contribution >= 0.6 is 24.8 Å². The second-order valence-electron chi connectivity index (χ2n) is 6.79. The van der Waals surface area contributed by atoms with Crippen molar-refractivity contribution in [3.05, 3.63) is 18.0 Å². The van der Waals surface area contributed by atoms with Crippen molar-refractivity contribution in [3.63, 3.8) is 0 Å². The van der Waals surface area contributed by atoms with Crippen molar-refractivity contribution < 1.29 is 9.53 Å². The molecule has 2 aliphatic rings. The molecular formula is C17H30Cl2N4O2. The van der Waals surface area contributed by atoms with Gasteiger partial charge >= 0.3 is 0 Å². The molecule has 25 heavy (non-hydrogen) atoms. The van der Waals surface area contributed by atoms with Gasteiger partial charge in [0.15, 0.2) is 0 Å². The smallest absolute Gasteiger partial charge is 0.230 e. The molecule has 3 rings (SSSR count). The highest BCUT2D eigenvalue weighted by Crippen LogP contribution is 2.35. The van der Waals surface area contributed by atoms with E-state index in [2.05, 4.69) is 18.2 Å². The van der Waals surface area contributed by atoms with Crippen LogP contribution in [0.2, 0.25) is 0 Å². The number of piperidine rings is 1. The van der Waals surface area contributed by atoms with Gasteiger partial charge in [0.1, 0.15) is 0 Å². The molecule has 0 radical (unpaired) electrons. The molecule has 2 saturated heterocycles. The molecule has 0 aromatic carbocycles. The lowest BCUT2D eigenvalue weighted by molar-refractivity contribution is -0.148. The van der Waals surface area contributed by atoms with E-state index >= 15 is 0 Å². The summed E-state index contributed by atoms with van der Waals surface area (Å²) >= 11 is 0. The molecule has 8 heteroatoms. The summed E-state index contributed by atoms with van der Waals surface area (Å²) in [5.74, 6) is 0.758. The number of aromatic nitrogens is 2. The Morgan fingerprint density at radius 2 is 1.96 bits per heavy atom. The van der Waals surface area contributed by atoms with Gasteiger partial charge in [-0.3, -0.25) is 9.48 Å². The zero-order chi connectivity index (χ0) is 16.3. The number of ether oxygens (including phenoxy) is 1. The Balaban J connectivity index is 0.00000156. The molecule has 6 nitrogen and oxygen atoms in total. The van der Waals surface area contributed by atoms with Crippen LogP contribution in [0.15, 0.2) is 12.4 Å². The summed E-state index contributed by atoms with van der Waals surface area (Å²) in [6, 6.07) is 0. The number of carbonyl (C=O) groups excluding carboxylic acids is 1. The third-order valence-electron chi connectivity index (χ3n) is 5.53. The Hall–Kier alpha value is -0.820. The highest BCUT2D eigenvalue weighted by Gasteiger charge is 2.42. The molecule has 2 fully saturated rings. The molecule has 1 aromatic rings. The van der Waals surface area contributed by atoms with Crippen LogP contribution in [-0.4, -0.2) is 53.4 Å². The van der Waals surface area contributed by atoms with Gasteiger partial charge in [0.25, 0.3) is 0 Å². The molecule has 144 valence electrons. The first-order chi connectivity index (χ1) is 11.2. The summed E-state index contributed by atoms with van der Waals surface area (Å²) in [6.45, 7) is 6.37. The second kappa shape index (κ2) is 9.76.